The molecule has 16 heavy (non-hydrogen) atoms. The summed E-state index contributed by atoms with van der Waals surface area (Å²) < 4.78 is 0. The number of ketones is 1. The molecule has 0 aromatic rings. The summed E-state index contributed by atoms with van der Waals surface area (Å²) in [5.74, 6) is 0.849. The molecule has 0 aromatic heterocycles. The maximum Gasteiger partial charge on any atom is 0.155 e. The Bertz CT molecular complexity index is 230. The Balaban J connectivity index is 4.75. The quantitative estimate of drug-likeness (QED) is 0.797. The molecule has 0 bridgehead atoms. The first-order chi connectivity index (χ1) is 6.93. The molecular formula is C14H29NO. The fourth-order valence-corrected chi connectivity index (χ4v) is 1.75. The third kappa shape index (κ3) is 6.26. The van der Waals surface area contributed by atoms with E-state index in [2.05, 4.69) is 39.9 Å². The molecule has 1 unspecified atom stereocenters. The van der Waals surface area contributed by atoms with E-state index in [1.807, 2.05) is 20.8 Å². The third-order valence-electron chi connectivity index (χ3n) is 2.37. The highest BCUT2D eigenvalue weighted by Crippen LogP contribution is 2.21. The Kier molecular flexibility index (Phi) is 5.18. The van der Waals surface area contributed by atoms with Crippen LogP contribution >= 0.6 is 0 Å². The average molecular weight is 227 g/mol. The van der Waals surface area contributed by atoms with E-state index in [9.17, 15) is 4.79 Å². The van der Waals surface area contributed by atoms with Gasteiger partial charge in [-0.2, -0.15) is 0 Å². The van der Waals surface area contributed by atoms with Crippen LogP contribution in [-0.4, -0.2) is 17.4 Å². The molecule has 1 atom stereocenters. The second kappa shape index (κ2) is 5.31. The van der Waals surface area contributed by atoms with E-state index in [1.54, 1.807) is 0 Å². The number of hydrogen-bond acceptors (Lipinski definition) is 2. The molecule has 0 amide bonds. The van der Waals surface area contributed by atoms with Crippen LogP contribution in [0.25, 0.3) is 0 Å². The molecule has 0 aliphatic rings. The van der Waals surface area contributed by atoms with Crippen LogP contribution in [-0.2, 0) is 4.79 Å². The Morgan fingerprint density at radius 1 is 1.06 bits per heavy atom. The standard InChI is InChI=1S/C14H29NO/c1-10(2)9-11(15-14(6,7)8)12(16)13(3,4)5/h10-11,15H,9H2,1-8H3. The number of carbonyl (C=O) groups is 1. The lowest BCUT2D eigenvalue weighted by Crippen LogP contribution is -2.51. The molecule has 96 valence electrons. The number of hydrogen-bond donors (Lipinski definition) is 1. The van der Waals surface area contributed by atoms with Gasteiger partial charge in [0.2, 0.25) is 0 Å². The zero-order valence-electron chi connectivity index (χ0n) is 12.3. The predicted molar refractivity (Wildman–Crippen MR) is 70.6 cm³/mol. The van der Waals surface area contributed by atoms with Crippen LogP contribution in [0.15, 0.2) is 0 Å². The van der Waals surface area contributed by atoms with Gasteiger partial charge in [0.05, 0.1) is 6.04 Å². The van der Waals surface area contributed by atoms with Crippen LogP contribution in [0, 0.1) is 11.3 Å². The van der Waals surface area contributed by atoms with Gasteiger partial charge in [-0.05, 0) is 33.1 Å². The van der Waals surface area contributed by atoms with Crippen molar-refractivity contribution in [1.82, 2.24) is 5.32 Å². The van der Waals surface area contributed by atoms with Gasteiger partial charge in [-0.15, -0.1) is 0 Å². The molecule has 2 nitrogen and oxygen atoms in total. The summed E-state index contributed by atoms with van der Waals surface area (Å²) in [6.45, 7) is 16.6. The lowest BCUT2D eigenvalue weighted by Gasteiger charge is -2.32. The van der Waals surface area contributed by atoms with Crippen LogP contribution in [0.5, 0.6) is 0 Å². The van der Waals surface area contributed by atoms with Gasteiger partial charge in [-0.1, -0.05) is 34.6 Å². The van der Waals surface area contributed by atoms with Gasteiger partial charge in [0.15, 0.2) is 5.78 Å². The van der Waals surface area contributed by atoms with E-state index >= 15 is 0 Å². The first kappa shape index (κ1) is 15.6. The Labute approximate surface area is 101 Å². The van der Waals surface area contributed by atoms with Crippen molar-refractivity contribution in [2.24, 2.45) is 11.3 Å². The highest BCUT2D eigenvalue weighted by Gasteiger charge is 2.32. The number of nitrogens with one attached hydrogen (secondary N) is 1. The maximum absolute atomic E-state index is 12.3. The molecule has 0 saturated heterocycles. The largest absolute Gasteiger partial charge is 0.303 e. The minimum absolute atomic E-state index is 0.0134. The first-order valence-corrected chi connectivity index (χ1v) is 6.25. The zero-order valence-corrected chi connectivity index (χ0v) is 12.3. The van der Waals surface area contributed by atoms with Gasteiger partial charge in [0.25, 0.3) is 0 Å². The van der Waals surface area contributed by atoms with Crippen LogP contribution in [0.1, 0.15) is 61.8 Å². The van der Waals surface area contributed by atoms with Crippen molar-refractivity contribution in [3.8, 4) is 0 Å². The predicted octanol–water partition coefficient (Wildman–Crippen LogP) is 3.40. The molecule has 0 radical (unpaired) electrons. The van der Waals surface area contributed by atoms with Crippen molar-refractivity contribution in [1.29, 1.82) is 0 Å². The van der Waals surface area contributed by atoms with Gasteiger partial charge >= 0.3 is 0 Å². The summed E-state index contributed by atoms with van der Waals surface area (Å²) in [5.41, 5.74) is -0.279. The minimum atomic E-state index is -0.266. The fourth-order valence-electron chi connectivity index (χ4n) is 1.75. The van der Waals surface area contributed by atoms with E-state index in [-0.39, 0.29) is 17.0 Å². The van der Waals surface area contributed by atoms with Crippen molar-refractivity contribution in [3.63, 3.8) is 0 Å². The molecule has 0 heterocycles. The normalized spacial score (nSPS) is 15.3. The molecule has 0 aromatic carbocycles. The van der Waals surface area contributed by atoms with E-state index in [4.69, 9.17) is 0 Å². The smallest absolute Gasteiger partial charge is 0.155 e. The van der Waals surface area contributed by atoms with Gasteiger partial charge < -0.3 is 5.32 Å². The van der Waals surface area contributed by atoms with Crippen LogP contribution in [0.4, 0.5) is 0 Å². The summed E-state index contributed by atoms with van der Waals surface area (Å²) in [5, 5.41) is 3.44. The van der Waals surface area contributed by atoms with Crippen LogP contribution in [0.3, 0.4) is 0 Å². The molecular weight excluding hydrogens is 198 g/mol. The molecule has 0 aliphatic carbocycles. The van der Waals surface area contributed by atoms with Crippen molar-refractivity contribution in [2.45, 2.75) is 73.4 Å². The molecule has 1 N–H and O–H groups in total. The summed E-state index contributed by atoms with van der Waals surface area (Å²) in [7, 11) is 0. The second-order valence-electron chi connectivity index (χ2n) is 7.19. The number of rotatable bonds is 4. The summed E-state index contributed by atoms with van der Waals surface area (Å²) in [6, 6.07) is -0.0278. The minimum Gasteiger partial charge on any atom is -0.303 e. The van der Waals surface area contributed by atoms with E-state index in [0.717, 1.165) is 6.42 Å². The Morgan fingerprint density at radius 3 is 1.75 bits per heavy atom. The van der Waals surface area contributed by atoms with Gasteiger partial charge in [-0.3, -0.25) is 4.79 Å². The van der Waals surface area contributed by atoms with E-state index < -0.39 is 0 Å². The highest BCUT2D eigenvalue weighted by atomic mass is 16.1. The third-order valence-corrected chi connectivity index (χ3v) is 2.37. The summed E-state index contributed by atoms with van der Waals surface area (Å²) in [4.78, 5) is 12.3. The number of Topliss-reactive ketones (excluding diaryl/α,β-unsaturated/α-hetero) is 1. The molecule has 0 fully saturated rings. The zero-order chi connectivity index (χ0) is 13.1. The Morgan fingerprint density at radius 2 is 1.50 bits per heavy atom. The molecule has 0 saturated carbocycles. The second-order valence-corrected chi connectivity index (χ2v) is 7.19. The average Bonchev–Trinajstić information content (AvgIpc) is 1.96. The van der Waals surface area contributed by atoms with Crippen molar-refractivity contribution < 1.29 is 4.79 Å². The highest BCUT2D eigenvalue weighted by molar-refractivity contribution is 5.88. The van der Waals surface area contributed by atoms with Gasteiger partial charge in [0.1, 0.15) is 0 Å². The van der Waals surface area contributed by atoms with Crippen molar-refractivity contribution >= 4 is 5.78 Å². The van der Waals surface area contributed by atoms with Crippen molar-refractivity contribution in [3.05, 3.63) is 0 Å². The van der Waals surface area contributed by atoms with E-state index in [1.165, 1.54) is 0 Å². The first-order valence-electron chi connectivity index (χ1n) is 6.25. The Hall–Kier alpha value is -0.370. The topological polar surface area (TPSA) is 29.1 Å². The molecule has 2 heteroatoms. The lowest BCUT2D eigenvalue weighted by atomic mass is 9.83. The van der Waals surface area contributed by atoms with Gasteiger partial charge in [-0.25, -0.2) is 0 Å². The maximum atomic E-state index is 12.3. The SMILES string of the molecule is CC(C)CC(NC(C)(C)C)C(=O)C(C)(C)C. The molecule has 0 rings (SSSR count). The van der Waals surface area contributed by atoms with Crippen LogP contribution in [0.2, 0.25) is 0 Å². The van der Waals surface area contributed by atoms with Gasteiger partial charge in [0, 0.05) is 11.0 Å². The molecule has 0 spiro atoms. The monoisotopic (exact) mass is 227 g/mol. The fraction of sp³-hybridized carbons (Fsp3) is 0.929. The lowest BCUT2D eigenvalue weighted by molar-refractivity contribution is -0.129. The van der Waals surface area contributed by atoms with Crippen LogP contribution < -0.4 is 5.32 Å². The van der Waals surface area contributed by atoms with Crippen molar-refractivity contribution in [2.75, 3.05) is 0 Å². The van der Waals surface area contributed by atoms with E-state index in [0.29, 0.717) is 11.7 Å². The number of carbonyl (C=O) groups excluding carboxylic acids is 1. The summed E-state index contributed by atoms with van der Waals surface area (Å²) >= 11 is 0. The summed E-state index contributed by atoms with van der Waals surface area (Å²) in [6.07, 6.45) is 0.910. The molecule has 0 aliphatic heterocycles.